The van der Waals surface area contributed by atoms with Crippen LogP contribution in [0.2, 0.25) is 0 Å². The van der Waals surface area contributed by atoms with Crippen LogP contribution in [-0.2, 0) is 9.59 Å². The van der Waals surface area contributed by atoms with Crippen LogP contribution in [-0.4, -0.2) is 60.2 Å². The molecule has 0 radical (unpaired) electrons. The Balaban J connectivity index is 1.33. The summed E-state index contributed by atoms with van der Waals surface area (Å²) in [6.45, 7) is 3.53. The quantitative estimate of drug-likeness (QED) is 0.758. The van der Waals surface area contributed by atoms with E-state index >= 15 is 0 Å². The molecule has 0 atom stereocenters. The molecule has 3 amide bonds. The van der Waals surface area contributed by atoms with Gasteiger partial charge in [0.1, 0.15) is 0 Å². The molecular formula is C21H31N3O4. The number of amides is 3. The van der Waals surface area contributed by atoms with Crippen molar-refractivity contribution in [2.24, 2.45) is 5.92 Å². The van der Waals surface area contributed by atoms with Gasteiger partial charge in [-0.15, -0.1) is 0 Å². The van der Waals surface area contributed by atoms with Crippen molar-refractivity contribution < 1.29 is 18.8 Å². The molecular weight excluding hydrogens is 358 g/mol. The van der Waals surface area contributed by atoms with E-state index in [1.807, 2.05) is 9.80 Å². The van der Waals surface area contributed by atoms with Crippen molar-refractivity contribution in [2.45, 2.75) is 51.4 Å². The zero-order chi connectivity index (χ0) is 19.8. The molecule has 3 rings (SSSR count). The van der Waals surface area contributed by atoms with Crippen LogP contribution >= 0.6 is 0 Å². The Bertz CT molecular complexity index is 643. The highest BCUT2D eigenvalue weighted by atomic mass is 16.3. The first kappa shape index (κ1) is 20.4. The Morgan fingerprint density at radius 1 is 1.00 bits per heavy atom. The summed E-state index contributed by atoms with van der Waals surface area (Å²) in [6.07, 6.45) is 8.64. The number of hydrogen-bond donors (Lipinski definition) is 1. The molecule has 28 heavy (non-hydrogen) atoms. The lowest BCUT2D eigenvalue weighted by atomic mass is 9.95. The monoisotopic (exact) mass is 389 g/mol. The van der Waals surface area contributed by atoms with Crippen LogP contribution in [0.3, 0.4) is 0 Å². The van der Waals surface area contributed by atoms with Gasteiger partial charge in [0, 0.05) is 45.1 Å². The molecule has 0 bridgehead atoms. The Morgan fingerprint density at radius 3 is 2.36 bits per heavy atom. The molecule has 1 aromatic rings. The summed E-state index contributed by atoms with van der Waals surface area (Å²) < 4.78 is 5.03. The lowest BCUT2D eigenvalue weighted by molar-refractivity contribution is -0.140. The third-order valence-electron chi connectivity index (χ3n) is 5.71. The average molecular weight is 389 g/mol. The van der Waals surface area contributed by atoms with Gasteiger partial charge in [-0.05, 0) is 44.2 Å². The summed E-state index contributed by atoms with van der Waals surface area (Å²) >= 11 is 0. The number of nitrogens with zero attached hydrogens (tertiary/aromatic N) is 2. The van der Waals surface area contributed by atoms with E-state index in [2.05, 4.69) is 5.32 Å². The molecule has 0 unspecified atom stereocenters. The summed E-state index contributed by atoms with van der Waals surface area (Å²) in [6, 6.07) is 3.28. The minimum atomic E-state index is -0.259. The topological polar surface area (TPSA) is 82.9 Å². The van der Waals surface area contributed by atoms with Crippen LogP contribution in [0.25, 0.3) is 0 Å². The van der Waals surface area contributed by atoms with Crippen molar-refractivity contribution in [3.63, 3.8) is 0 Å². The smallest absolute Gasteiger partial charge is 0.286 e. The van der Waals surface area contributed by atoms with Crippen molar-refractivity contribution >= 4 is 17.7 Å². The first-order valence-corrected chi connectivity index (χ1v) is 10.5. The third-order valence-corrected chi connectivity index (χ3v) is 5.71. The molecule has 154 valence electrons. The molecule has 7 nitrogen and oxygen atoms in total. The first-order chi connectivity index (χ1) is 13.6. The van der Waals surface area contributed by atoms with Crippen LogP contribution in [0.5, 0.6) is 0 Å². The number of carbonyl (C=O) groups is 3. The number of piperidine rings is 1. The molecule has 2 fully saturated rings. The fraction of sp³-hybridized carbons (Fsp3) is 0.667. The number of hydrogen-bond acceptors (Lipinski definition) is 4. The van der Waals surface area contributed by atoms with E-state index in [4.69, 9.17) is 4.42 Å². The van der Waals surface area contributed by atoms with Crippen LogP contribution in [0.15, 0.2) is 22.8 Å². The molecule has 7 heteroatoms. The van der Waals surface area contributed by atoms with Gasteiger partial charge in [-0.1, -0.05) is 12.8 Å². The van der Waals surface area contributed by atoms with E-state index in [9.17, 15) is 14.4 Å². The zero-order valence-corrected chi connectivity index (χ0v) is 16.5. The first-order valence-electron chi connectivity index (χ1n) is 10.5. The summed E-state index contributed by atoms with van der Waals surface area (Å²) in [5.74, 6) is 0.477. The summed E-state index contributed by atoms with van der Waals surface area (Å²) in [5, 5.41) is 2.75. The number of likely N-dealkylation sites (tertiary alicyclic amines) is 2. The second-order valence-electron chi connectivity index (χ2n) is 7.73. The van der Waals surface area contributed by atoms with Crippen LogP contribution in [0, 0.1) is 5.92 Å². The van der Waals surface area contributed by atoms with Gasteiger partial charge in [0.05, 0.1) is 6.26 Å². The second kappa shape index (κ2) is 10.3. The highest BCUT2D eigenvalue weighted by molar-refractivity contribution is 5.91. The predicted molar refractivity (Wildman–Crippen MR) is 105 cm³/mol. The molecule has 0 aliphatic carbocycles. The Kier molecular flexibility index (Phi) is 7.51. The summed E-state index contributed by atoms with van der Waals surface area (Å²) in [4.78, 5) is 40.8. The number of rotatable bonds is 6. The van der Waals surface area contributed by atoms with Gasteiger partial charge in [-0.2, -0.15) is 0 Å². The van der Waals surface area contributed by atoms with Crippen molar-refractivity contribution in [1.82, 2.24) is 15.1 Å². The molecule has 2 aliphatic heterocycles. The van der Waals surface area contributed by atoms with Gasteiger partial charge < -0.3 is 19.5 Å². The number of carbonyl (C=O) groups excluding carboxylic acids is 3. The van der Waals surface area contributed by atoms with Gasteiger partial charge in [-0.3, -0.25) is 14.4 Å². The van der Waals surface area contributed by atoms with Crippen LogP contribution < -0.4 is 5.32 Å². The maximum absolute atomic E-state index is 12.7. The molecule has 0 saturated carbocycles. The third kappa shape index (κ3) is 5.59. The molecule has 3 heterocycles. The van der Waals surface area contributed by atoms with Crippen molar-refractivity contribution in [3.05, 3.63) is 24.2 Å². The van der Waals surface area contributed by atoms with E-state index in [0.717, 1.165) is 38.8 Å². The molecule has 1 aromatic heterocycles. The minimum absolute atomic E-state index is 0.0646. The van der Waals surface area contributed by atoms with E-state index in [1.165, 1.54) is 19.1 Å². The van der Waals surface area contributed by atoms with Gasteiger partial charge in [0.2, 0.25) is 11.8 Å². The van der Waals surface area contributed by atoms with E-state index in [-0.39, 0.29) is 29.4 Å². The van der Waals surface area contributed by atoms with Gasteiger partial charge in [0.25, 0.3) is 5.91 Å². The Hall–Kier alpha value is -2.31. The summed E-state index contributed by atoms with van der Waals surface area (Å²) in [5.41, 5.74) is 0. The van der Waals surface area contributed by atoms with Gasteiger partial charge in [-0.25, -0.2) is 0 Å². The minimum Gasteiger partial charge on any atom is -0.459 e. The van der Waals surface area contributed by atoms with Crippen molar-refractivity contribution in [1.29, 1.82) is 0 Å². The van der Waals surface area contributed by atoms with Gasteiger partial charge >= 0.3 is 0 Å². The zero-order valence-electron chi connectivity index (χ0n) is 16.5. The van der Waals surface area contributed by atoms with Crippen molar-refractivity contribution in [3.8, 4) is 0 Å². The van der Waals surface area contributed by atoms with Crippen LogP contribution in [0.1, 0.15) is 61.9 Å². The van der Waals surface area contributed by atoms with E-state index < -0.39 is 0 Å². The normalized spacial score (nSPS) is 18.6. The standard InChI is InChI=1S/C21H31N3O4/c25-19(8-5-11-22-20(26)18-7-6-16-28-18)23-14-9-17(10-15-23)21(27)24-12-3-1-2-4-13-24/h6-7,16-17H,1-5,8-15H2,(H,22,26). The molecule has 0 spiro atoms. The number of nitrogens with one attached hydrogen (secondary N) is 1. The Labute approximate surface area is 166 Å². The fourth-order valence-electron chi connectivity index (χ4n) is 4.02. The fourth-order valence-corrected chi connectivity index (χ4v) is 4.02. The molecule has 2 saturated heterocycles. The SMILES string of the molecule is O=C(NCCCC(=O)N1CCC(C(=O)N2CCCCCC2)CC1)c1ccco1. The van der Waals surface area contributed by atoms with E-state index in [1.54, 1.807) is 12.1 Å². The molecule has 1 N–H and O–H groups in total. The maximum atomic E-state index is 12.7. The van der Waals surface area contributed by atoms with Gasteiger partial charge in [0.15, 0.2) is 5.76 Å². The predicted octanol–water partition coefficient (Wildman–Crippen LogP) is 2.43. The largest absolute Gasteiger partial charge is 0.459 e. The molecule has 2 aliphatic rings. The van der Waals surface area contributed by atoms with Crippen LogP contribution in [0.4, 0.5) is 0 Å². The lowest BCUT2D eigenvalue weighted by Gasteiger charge is -2.34. The highest BCUT2D eigenvalue weighted by Crippen LogP contribution is 2.22. The van der Waals surface area contributed by atoms with Crippen molar-refractivity contribution in [2.75, 3.05) is 32.7 Å². The maximum Gasteiger partial charge on any atom is 0.286 e. The lowest BCUT2D eigenvalue weighted by Crippen LogP contribution is -2.44. The number of furan rings is 1. The highest BCUT2D eigenvalue weighted by Gasteiger charge is 2.30. The van der Waals surface area contributed by atoms with E-state index in [0.29, 0.717) is 32.5 Å². The summed E-state index contributed by atoms with van der Waals surface area (Å²) in [7, 11) is 0. The average Bonchev–Trinajstić information content (AvgIpc) is 3.13. The Morgan fingerprint density at radius 2 is 1.71 bits per heavy atom. The molecule has 0 aromatic carbocycles. The second-order valence-corrected chi connectivity index (χ2v) is 7.73.